The second-order valence-electron chi connectivity index (χ2n) is 6.04. The number of nitrogens with one attached hydrogen (secondary N) is 1. The Bertz CT molecular complexity index is 346. The van der Waals surface area contributed by atoms with Gasteiger partial charge < -0.3 is 20.9 Å². The lowest BCUT2D eigenvalue weighted by atomic mass is 10.1. The van der Waals surface area contributed by atoms with Crippen LogP contribution in [0.25, 0.3) is 0 Å². The van der Waals surface area contributed by atoms with Crippen molar-refractivity contribution in [2.75, 3.05) is 33.7 Å². The van der Waals surface area contributed by atoms with Crippen molar-refractivity contribution >= 4 is 11.8 Å². The number of likely N-dealkylation sites (tertiary alicyclic amines) is 1. The zero-order chi connectivity index (χ0) is 15.3. The van der Waals surface area contributed by atoms with E-state index in [0.29, 0.717) is 12.6 Å². The molecule has 6 heteroatoms. The highest BCUT2D eigenvalue weighted by atomic mass is 16.2. The van der Waals surface area contributed by atoms with E-state index in [1.807, 2.05) is 13.8 Å². The second kappa shape index (κ2) is 7.59. The van der Waals surface area contributed by atoms with E-state index in [2.05, 4.69) is 17.3 Å². The Kier molecular flexibility index (Phi) is 6.42. The van der Waals surface area contributed by atoms with E-state index in [1.165, 1.54) is 6.42 Å². The van der Waals surface area contributed by atoms with Crippen molar-refractivity contribution < 1.29 is 9.59 Å². The molecule has 0 aromatic rings. The van der Waals surface area contributed by atoms with Crippen molar-refractivity contribution in [3.8, 4) is 0 Å². The molecule has 1 aliphatic rings. The van der Waals surface area contributed by atoms with Crippen LogP contribution < -0.4 is 11.1 Å². The molecule has 116 valence electrons. The molecule has 1 fully saturated rings. The molecule has 0 aliphatic carbocycles. The Hall–Kier alpha value is -1.14. The normalized spacial score (nSPS) is 21.0. The van der Waals surface area contributed by atoms with Gasteiger partial charge in [0.2, 0.25) is 11.8 Å². The maximum atomic E-state index is 12.0. The maximum absolute atomic E-state index is 12.0. The Balaban J connectivity index is 2.33. The molecule has 1 saturated heterocycles. The zero-order valence-electron chi connectivity index (χ0n) is 13.1. The SMILES string of the molecule is CC(C)[C@H](N)C(=O)NCC(=O)N(C)CC1CCCN1C. The van der Waals surface area contributed by atoms with Crippen molar-refractivity contribution in [3.05, 3.63) is 0 Å². The van der Waals surface area contributed by atoms with Gasteiger partial charge in [-0.3, -0.25) is 9.59 Å². The molecule has 1 heterocycles. The van der Waals surface area contributed by atoms with Gasteiger partial charge in [-0.15, -0.1) is 0 Å². The predicted octanol–water partition coefficient (Wildman–Crippen LogP) is -0.361. The third-order valence-electron chi connectivity index (χ3n) is 4.02. The van der Waals surface area contributed by atoms with Crippen molar-refractivity contribution in [1.82, 2.24) is 15.1 Å². The van der Waals surface area contributed by atoms with Crippen LogP contribution in [0.4, 0.5) is 0 Å². The molecule has 20 heavy (non-hydrogen) atoms. The molecule has 1 rings (SSSR count). The van der Waals surface area contributed by atoms with E-state index in [-0.39, 0.29) is 24.3 Å². The van der Waals surface area contributed by atoms with Crippen LogP contribution in [0.3, 0.4) is 0 Å². The molecule has 0 radical (unpaired) electrons. The van der Waals surface area contributed by atoms with Crippen LogP contribution in [0.1, 0.15) is 26.7 Å². The highest BCUT2D eigenvalue weighted by Gasteiger charge is 2.24. The van der Waals surface area contributed by atoms with Crippen LogP contribution in [0.15, 0.2) is 0 Å². The van der Waals surface area contributed by atoms with Gasteiger partial charge in [-0.25, -0.2) is 0 Å². The van der Waals surface area contributed by atoms with E-state index < -0.39 is 6.04 Å². The number of nitrogens with zero attached hydrogens (tertiary/aromatic N) is 2. The van der Waals surface area contributed by atoms with Crippen molar-refractivity contribution in [2.45, 2.75) is 38.8 Å². The van der Waals surface area contributed by atoms with Gasteiger partial charge in [-0.1, -0.05) is 13.8 Å². The lowest BCUT2D eigenvalue weighted by molar-refractivity contribution is -0.132. The zero-order valence-corrected chi connectivity index (χ0v) is 13.1. The van der Waals surface area contributed by atoms with Crippen LogP contribution in [0, 0.1) is 5.92 Å². The van der Waals surface area contributed by atoms with E-state index in [1.54, 1.807) is 11.9 Å². The first-order chi connectivity index (χ1) is 9.32. The van der Waals surface area contributed by atoms with E-state index in [4.69, 9.17) is 5.73 Å². The van der Waals surface area contributed by atoms with Crippen molar-refractivity contribution in [2.24, 2.45) is 11.7 Å². The fourth-order valence-electron chi connectivity index (χ4n) is 2.35. The summed E-state index contributed by atoms with van der Waals surface area (Å²) in [5.74, 6) is -0.274. The predicted molar refractivity (Wildman–Crippen MR) is 79.1 cm³/mol. The summed E-state index contributed by atoms with van der Waals surface area (Å²) in [6.45, 7) is 5.59. The van der Waals surface area contributed by atoms with Gasteiger partial charge in [0.05, 0.1) is 12.6 Å². The molecule has 0 aromatic heterocycles. The van der Waals surface area contributed by atoms with Crippen LogP contribution in [-0.2, 0) is 9.59 Å². The van der Waals surface area contributed by atoms with Crippen LogP contribution >= 0.6 is 0 Å². The summed E-state index contributed by atoms with van der Waals surface area (Å²) in [6.07, 6.45) is 2.31. The van der Waals surface area contributed by atoms with E-state index in [9.17, 15) is 9.59 Å². The molecule has 0 spiro atoms. The molecular formula is C14H28N4O2. The molecule has 0 aromatic carbocycles. The summed E-state index contributed by atoms with van der Waals surface area (Å²) in [5.41, 5.74) is 5.73. The number of carbonyl (C=O) groups excluding carboxylic acids is 2. The molecule has 0 saturated carbocycles. The maximum Gasteiger partial charge on any atom is 0.241 e. The smallest absolute Gasteiger partial charge is 0.241 e. The first-order valence-electron chi connectivity index (χ1n) is 7.30. The number of likely N-dealkylation sites (N-methyl/N-ethyl adjacent to an activating group) is 2. The molecule has 1 unspecified atom stereocenters. The molecule has 6 nitrogen and oxygen atoms in total. The van der Waals surface area contributed by atoms with E-state index in [0.717, 1.165) is 13.0 Å². The average molecular weight is 284 g/mol. The van der Waals surface area contributed by atoms with Gasteiger partial charge in [0, 0.05) is 19.6 Å². The molecule has 1 aliphatic heterocycles. The number of hydrogen-bond donors (Lipinski definition) is 2. The number of hydrogen-bond acceptors (Lipinski definition) is 4. The lowest BCUT2D eigenvalue weighted by Crippen LogP contribution is -2.48. The van der Waals surface area contributed by atoms with Gasteiger partial charge >= 0.3 is 0 Å². The lowest BCUT2D eigenvalue weighted by Gasteiger charge is -2.26. The first kappa shape index (κ1) is 16.9. The minimum absolute atomic E-state index is 0.0200. The van der Waals surface area contributed by atoms with Gasteiger partial charge in [0.25, 0.3) is 0 Å². The Labute approximate surface area is 121 Å². The summed E-state index contributed by atoms with van der Waals surface area (Å²) in [7, 11) is 3.86. The summed E-state index contributed by atoms with van der Waals surface area (Å²) in [4.78, 5) is 27.6. The third kappa shape index (κ3) is 4.76. The van der Waals surface area contributed by atoms with Crippen LogP contribution in [0.2, 0.25) is 0 Å². The topological polar surface area (TPSA) is 78.7 Å². The standard InChI is InChI=1S/C14H28N4O2/c1-10(2)13(15)14(20)16-8-12(19)18(4)9-11-6-5-7-17(11)3/h10-11,13H,5-9,15H2,1-4H3,(H,16,20)/t11?,13-/m0/s1. The highest BCUT2D eigenvalue weighted by molar-refractivity contribution is 5.87. The van der Waals surface area contributed by atoms with Gasteiger partial charge in [0.1, 0.15) is 0 Å². The van der Waals surface area contributed by atoms with Gasteiger partial charge in [-0.05, 0) is 32.4 Å². The Morgan fingerprint density at radius 3 is 2.60 bits per heavy atom. The monoisotopic (exact) mass is 284 g/mol. The van der Waals surface area contributed by atoms with Crippen molar-refractivity contribution in [3.63, 3.8) is 0 Å². The third-order valence-corrected chi connectivity index (χ3v) is 4.02. The molecular weight excluding hydrogens is 256 g/mol. The van der Waals surface area contributed by atoms with Crippen LogP contribution in [-0.4, -0.2) is 67.4 Å². The second-order valence-corrected chi connectivity index (χ2v) is 6.04. The highest BCUT2D eigenvalue weighted by Crippen LogP contribution is 2.15. The molecule has 0 bridgehead atoms. The molecule has 3 N–H and O–H groups in total. The Morgan fingerprint density at radius 1 is 1.45 bits per heavy atom. The van der Waals surface area contributed by atoms with Crippen LogP contribution in [0.5, 0.6) is 0 Å². The van der Waals surface area contributed by atoms with Crippen molar-refractivity contribution in [1.29, 1.82) is 0 Å². The quantitative estimate of drug-likeness (QED) is 0.698. The minimum atomic E-state index is -0.561. The minimum Gasteiger partial charge on any atom is -0.346 e. The number of nitrogens with two attached hydrogens (primary N) is 1. The Morgan fingerprint density at radius 2 is 2.10 bits per heavy atom. The summed E-state index contributed by atoms with van der Waals surface area (Å²) in [5, 5.41) is 2.61. The first-order valence-corrected chi connectivity index (χ1v) is 7.30. The van der Waals surface area contributed by atoms with E-state index >= 15 is 0 Å². The fourth-order valence-corrected chi connectivity index (χ4v) is 2.35. The van der Waals surface area contributed by atoms with Gasteiger partial charge in [0.15, 0.2) is 0 Å². The van der Waals surface area contributed by atoms with Gasteiger partial charge in [-0.2, -0.15) is 0 Å². The number of amides is 2. The summed E-state index contributed by atoms with van der Waals surface area (Å²) in [6, 6.07) is -0.133. The summed E-state index contributed by atoms with van der Waals surface area (Å²) >= 11 is 0. The largest absolute Gasteiger partial charge is 0.346 e. The number of carbonyl (C=O) groups is 2. The molecule has 2 atom stereocenters. The summed E-state index contributed by atoms with van der Waals surface area (Å²) < 4.78 is 0. The molecule has 2 amide bonds. The fraction of sp³-hybridized carbons (Fsp3) is 0.857. The number of rotatable bonds is 6. The average Bonchev–Trinajstić information content (AvgIpc) is 2.79.